The monoisotopic (exact) mass is 255 g/mol. The predicted molar refractivity (Wildman–Crippen MR) is 75.3 cm³/mol. The molecule has 0 aromatic rings. The molecule has 1 aliphatic heterocycles. The molecule has 1 rings (SSSR count). The first kappa shape index (κ1) is 15.4. The number of primary amides is 1. The van der Waals surface area contributed by atoms with Crippen LogP contribution in [0.2, 0.25) is 0 Å². The highest BCUT2D eigenvalue weighted by Crippen LogP contribution is 2.22. The summed E-state index contributed by atoms with van der Waals surface area (Å²) in [5, 5.41) is 3.24. The fourth-order valence-electron chi connectivity index (χ4n) is 2.57. The van der Waals surface area contributed by atoms with Crippen LogP contribution in [-0.4, -0.2) is 42.5 Å². The van der Waals surface area contributed by atoms with Crippen molar-refractivity contribution in [3.8, 4) is 0 Å². The first-order valence-electron chi connectivity index (χ1n) is 7.17. The summed E-state index contributed by atoms with van der Waals surface area (Å²) in [4.78, 5) is 13.8. The van der Waals surface area contributed by atoms with Crippen molar-refractivity contribution in [2.75, 3.05) is 19.6 Å². The van der Waals surface area contributed by atoms with Crippen LogP contribution in [0.5, 0.6) is 0 Å². The van der Waals surface area contributed by atoms with Crippen molar-refractivity contribution in [1.29, 1.82) is 0 Å². The Morgan fingerprint density at radius 3 is 2.56 bits per heavy atom. The number of carbonyl (C=O) groups is 1. The van der Waals surface area contributed by atoms with E-state index in [2.05, 4.69) is 24.1 Å². The van der Waals surface area contributed by atoms with E-state index in [1.54, 1.807) is 0 Å². The zero-order valence-corrected chi connectivity index (χ0v) is 12.3. The molecule has 0 aromatic heterocycles. The molecule has 1 saturated heterocycles. The molecule has 3 atom stereocenters. The normalized spacial score (nSPS) is 27.4. The second-order valence-corrected chi connectivity index (χ2v) is 6.11. The lowest BCUT2D eigenvalue weighted by Gasteiger charge is -2.35. The van der Waals surface area contributed by atoms with E-state index in [9.17, 15) is 4.79 Å². The van der Waals surface area contributed by atoms with Gasteiger partial charge in [-0.05, 0) is 31.2 Å². The van der Waals surface area contributed by atoms with E-state index in [4.69, 9.17) is 5.73 Å². The molecule has 1 fully saturated rings. The van der Waals surface area contributed by atoms with Crippen molar-refractivity contribution in [3.63, 3.8) is 0 Å². The summed E-state index contributed by atoms with van der Waals surface area (Å²) in [6, 6.07) is 0.0995. The van der Waals surface area contributed by atoms with Crippen LogP contribution in [0.15, 0.2) is 0 Å². The fraction of sp³-hybridized carbons (Fsp3) is 0.929. The summed E-state index contributed by atoms with van der Waals surface area (Å²) in [5.41, 5.74) is 5.43. The summed E-state index contributed by atoms with van der Waals surface area (Å²) in [5.74, 6) is 1.34. The number of nitrogens with zero attached hydrogens (tertiary/aromatic N) is 1. The van der Waals surface area contributed by atoms with Crippen LogP contribution in [0.25, 0.3) is 0 Å². The van der Waals surface area contributed by atoms with E-state index in [0.717, 1.165) is 37.9 Å². The van der Waals surface area contributed by atoms with Gasteiger partial charge in [0.2, 0.25) is 5.91 Å². The highest BCUT2D eigenvalue weighted by molar-refractivity contribution is 5.79. The summed E-state index contributed by atoms with van der Waals surface area (Å²) >= 11 is 0. The molecule has 0 spiro atoms. The molecule has 4 heteroatoms. The van der Waals surface area contributed by atoms with Gasteiger partial charge < -0.3 is 16.0 Å². The summed E-state index contributed by atoms with van der Waals surface area (Å²) in [6.45, 7) is 12.0. The number of hydrogen-bond donors (Lipinski definition) is 2. The first-order valence-corrected chi connectivity index (χ1v) is 7.17. The van der Waals surface area contributed by atoms with Crippen molar-refractivity contribution in [2.24, 2.45) is 17.6 Å². The molecule has 0 aromatic carbocycles. The Morgan fingerprint density at radius 2 is 2.06 bits per heavy atom. The highest BCUT2D eigenvalue weighted by Gasteiger charge is 2.24. The maximum Gasteiger partial charge on any atom is 0.234 e. The lowest BCUT2D eigenvalue weighted by molar-refractivity contribution is -0.120. The molecule has 4 nitrogen and oxygen atoms in total. The summed E-state index contributed by atoms with van der Waals surface area (Å²) in [6.07, 6.45) is 2.08. The van der Waals surface area contributed by atoms with Gasteiger partial charge >= 0.3 is 0 Å². The second-order valence-electron chi connectivity index (χ2n) is 6.11. The topological polar surface area (TPSA) is 58.4 Å². The van der Waals surface area contributed by atoms with Crippen LogP contribution in [0.4, 0.5) is 0 Å². The molecule has 1 heterocycles. The first-order chi connectivity index (χ1) is 8.40. The molecule has 0 bridgehead atoms. The van der Waals surface area contributed by atoms with E-state index >= 15 is 0 Å². The minimum absolute atomic E-state index is 0.195. The third-order valence-electron chi connectivity index (χ3n) is 4.03. The Morgan fingerprint density at radius 1 is 1.39 bits per heavy atom. The van der Waals surface area contributed by atoms with Crippen LogP contribution in [0.3, 0.4) is 0 Å². The van der Waals surface area contributed by atoms with Gasteiger partial charge in [0.05, 0.1) is 6.04 Å². The SMILES string of the molecule is CC(C)NC(CCN1CCC(C)C(C)C1)C(N)=O. The summed E-state index contributed by atoms with van der Waals surface area (Å²) < 4.78 is 0. The van der Waals surface area contributed by atoms with Gasteiger partial charge in [-0.15, -0.1) is 0 Å². The van der Waals surface area contributed by atoms with Gasteiger partial charge in [-0.25, -0.2) is 0 Å². The van der Waals surface area contributed by atoms with E-state index in [1.165, 1.54) is 6.42 Å². The minimum Gasteiger partial charge on any atom is -0.368 e. The van der Waals surface area contributed by atoms with Crippen LogP contribution < -0.4 is 11.1 Å². The number of nitrogens with two attached hydrogens (primary N) is 1. The molecule has 3 N–H and O–H groups in total. The van der Waals surface area contributed by atoms with E-state index in [1.807, 2.05) is 13.8 Å². The third kappa shape index (κ3) is 4.94. The molecule has 0 aliphatic carbocycles. The molecular weight excluding hydrogens is 226 g/mol. The van der Waals surface area contributed by atoms with Crippen molar-refractivity contribution < 1.29 is 4.79 Å². The quantitative estimate of drug-likeness (QED) is 0.750. The van der Waals surface area contributed by atoms with Crippen LogP contribution >= 0.6 is 0 Å². The Labute approximate surface area is 111 Å². The van der Waals surface area contributed by atoms with E-state index in [0.29, 0.717) is 6.04 Å². The average molecular weight is 255 g/mol. The van der Waals surface area contributed by atoms with Gasteiger partial charge in [-0.2, -0.15) is 0 Å². The largest absolute Gasteiger partial charge is 0.368 e. The molecular formula is C14H29N3O. The van der Waals surface area contributed by atoms with E-state index < -0.39 is 0 Å². The maximum atomic E-state index is 11.4. The van der Waals surface area contributed by atoms with Crippen LogP contribution in [0, 0.1) is 11.8 Å². The van der Waals surface area contributed by atoms with Crippen molar-refractivity contribution >= 4 is 5.91 Å². The predicted octanol–water partition coefficient (Wildman–Crippen LogP) is 1.21. The number of nitrogens with one attached hydrogen (secondary N) is 1. The zero-order valence-electron chi connectivity index (χ0n) is 12.3. The van der Waals surface area contributed by atoms with Crippen LogP contribution in [0.1, 0.15) is 40.5 Å². The molecule has 1 amide bonds. The van der Waals surface area contributed by atoms with Crippen molar-refractivity contribution in [3.05, 3.63) is 0 Å². The third-order valence-corrected chi connectivity index (χ3v) is 4.03. The number of carbonyl (C=O) groups excluding carboxylic acids is 1. The number of amides is 1. The van der Waals surface area contributed by atoms with Gasteiger partial charge in [-0.3, -0.25) is 4.79 Å². The van der Waals surface area contributed by atoms with Crippen molar-refractivity contribution in [1.82, 2.24) is 10.2 Å². The Balaban J connectivity index is 2.36. The van der Waals surface area contributed by atoms with Crippen molar-refractivity contribution in [2.45, 2.75) is 52.6 Å². The summed E-state index contributed by atoms with van der Waals surface area (Å²) in [7, 11) is 0. The van der Waals surface area contributed by atoms with Gasteiger partial charge in [0, 0.05) is 19.1 Å². The Hall–Kier alpha value is -0.610. The van der Waals surface area contributed by atoms with Crippen LogP contribution in [-0.2, 0) is 4.79 Å². The molecule has 3 unspecified atom stereocenters. The highest BCUT2D eigenvalue weighted by atomic mass is 16.1. The number of likely N-dealkylation sites (tertiary alicyclic amines) is 1. The Bertz CT molecular complexity index is 268. The zero-order chi connectivity index (χ0) is 13.7. The number of hydrogen-bond acceptors (Lipinski definition) is 3. The average Bonchev–Trinajstić information content (AvgIpc) is 2.28. The number of rotatable bonds is 6. The lowest BCUT2D eigenvalue weighted by atomic mass is 9.88. The molecule has 1 aliphatic rings. The fourth-order valence-corrected chi connectivity index (χ4v) is 2.57. The van der Waals surface area contributed by atoms with E-state index in [-0.39, 0.29) is 11.9 Å². The second kappa shape index (κ2) is 7.10. The molecule has 18 heavy (non-hydrogen) atoms. The standard InChI is InChI=1S/C14H29N3O/c1-10(2)16-13(14(15)18)6-8-17-7-5-11(3)12(4)9-17/h10-13,16H,5-9H2,1-4H3,(H2,15,18). The van der Waals surface area contributed by atoms with Gasteiger partial charge in [-0.1, -0.05) is 27.7 Å². The Kier molecular flexibility index (Phi) is 6.09. The molecule has 0 saturated carbocycles. The maximum absolute atomic E-state index is 11.4. The molecule has 0 radical (unpaired) electrons. The smallest absolute Gasteiger partial charge is 0.234 e. The van der Waals surface area contributed by atoms with Gasteiger partial charge in [0.25, 0.3) is 0 Å². The van der Waals surface area contributed by atoms with Gasteiger partial charge in [0.15, 0.2) is 0 Å². The number of piperidine rings is 1. The van der Waals surface area contributed by atoms with Gasteiger partial charge in [0.1, 0.15) is 0 Å². The lowest BCUT2D eigenvalue weighted by Crippen LogP contribution is -2.47. The molecule has 106 valence electrons. The minimum atomic E-state index is -0.234.